The first-order valence-electron chi connectivity index (χ1n) is 8.88. The van der Waals surface area contributed by atoms with Gasteiger partial charge in [0.1, 0.15) is 0 Å². The SMILES string of the molecule is CC1CC(=O)NN=C1c1ccc(NC(=O)c2cccc3ccccc23)cc1. The van der Waals surface area contributed by atoms with Crippen LogP contribution < -0.4 is 10.7 Å². The average Bonchev–Trinajstić information content (AvgIpc) is 2.68. The van der Waals surface area contributed by atoms with Crippen LogP contribution >= 0.6 is 0 Å². The third kappa shape index (κ3) is 3.44. The molecule has 1 aliphatic rings. The first kappa shape index (κ1) is 17.0. The van der Waals surface area contributed by atoms with Crippen LogP contribution in [0.3, 0.4) is 0 Å². The first-order chi connectivity index (χ1) is 13.1. The minimum absolute atomic E-state index is 0.0646. The van der Waals surface area contributed by atoms with Crippen LogP contribution in [0.25, 0.3) is 10.8 Å². The maximum Gasteiger partial charge on any atom is 0.256 e. The van der Waals surface area contributed by atoms with Gasteiger partial charge in [0.25, 0.3) is 5.91 Å². The molecule has 0 saturated carbocycles. The molecule has 2 N–H and O–H groups in total. The van der Waals surface area contributed by atoms with Crippen LogP contribution in [0.15, 0.2) is 71.8 Å². The van der Waals surface area contributed by atoms with Crippen molar-refractivity contribution in [1.82, 2.24) is 5.43 Å². The number of carbonyl (C=O) groups is 2. The number of nitrogens with zero attached hydrogens (tertiary/aromatic N) is 1. The minimum Gasteiger partial charge on any atom is -0.322 e. The normalized spacial score (nSPS) is 16.6. The predicted molar refractivity (Wildman–Crippen MR) is 107 cm³/mol. The molecule has 3 aromatic carbocycles. The van der Waals surface area contributed by atoms with Gasteiger partial charge in [-0.05, 0) is 34.5 Å². The summed E-state index contributed by atoms with van der Waals surface area (Å²) in [6.07, 6.45) is 0.429. The second kappa shape index (κ2) is 7.03. The molecule has 1 heterocycles. The van der Waals surface area contributed by atoms with E-state index in [1.54, 1.807) is 0 Å². The zero-order valence-corrected chi connectivity index (χ0v) is 14.9. The maximum absolute atomic E-state index is 12.7. The Balaban J connectivity index is 1.55. The Morgan fingerprint density at radius 3 is 2.56 bits per heavy atom. The van der Waals surface area contributed by atoms with E-state index in [-0.39, 0.29) is 17.7 Å². The molecule has 4 rings (SSSR count). The van der Waals surface area contributed by atoms with Gasteiger partial charge in [0, 0.05) is 23.6 Å². The number of fused-ring (bicyclic) bond motifs is 1. The van der Waals surface area contributed by atoms with Crippen LogP contribution in [0, 0.1) is 5.92 Å². The smallest absolute Gasteiger partial charge is 0.256 e. The molecule has 1 aliphatic heterocycles. The summed E-state index contributed by atoms with van der Waals surface area (Å²) in [6, 6.07) is 21.1. The summed E-state index contributed by atoms with van der Waals surface area (Å²) in [5.74, 6) is -0.143. The second-order valence-electron chi connectivity index (χ2n) is 6.70. The Bertz CT molecular complexity index is 1050. The van der Waals surface area contributed by atoms with Gasteiger partial charge in [-0.2, -0.15) is 5.10 Å². The van der Waals surface area contributed by atoms with Crippen LogP contribution in [0.4, 0.5) is 5.69 Å². The molecular weight excluding hydrogens is 338 g/mol. The van der Waals surface area contributed by atoms with E-state index in [1.807, 2.05) is 73.7 Å². The summed E-state index contributed by atoms with van der Waals surface area (Å²) in [4.78, 5) is 24.1. The zero-order chi connectivity index (χ0) is 18.8. The van der Waals surface area contributed by atoms with Crippen molar-refractivity contribution in [3.8, 4) is 0 Å². The molecule has 134 valence electrons. The minimum atomic E-state index is -0.143. The topological polar surface area (TPSA) is 70.6 Å². The third-order valence-corrected chi connectivity index (χ3v) is 4.73. The summed E-state index contributed by atoms with van der Waals surface area (Å²) in [5.41, 5.74) is 5.67. The molecule has 2 amide bonds. The molecule has 0 aliphatic carbocycles. The zero-order valence-electron chi connectivity index (χ0n) is 14.9. The number of hydrazone groups is 1. The van der Waals surface area contributed by atoms with E-state index in [2.05, 4.69) is 15.8 Å². The Morgan fingerprint density at radius 2 is 1.78 bits per heavy atom. The van der Waals surface area contributed by atoms with Crippen molar-refractivity contribution in [2.24, 2.45) is 11.0 Å². The van der Waals surface area contributed by atoms with Crippen molar-refractivity contribution in [2.45, 2.75) is 13.3 Å². The third-order valence-electron chi connectivity index (χ3n) is 4.73. The maximum atomic E-state index is 12.7. The van der Waals surface area contributed by atoms with Crippen LogP contribution in [0.1, 0.15) is 29.3 Å². The molecule has 5 heteroatoms. The van der Waals surface area contributed by atoms with Gasteiger partial charge in [-0.15, -0.1) is 0 Å². The fraction of sp³-hybridized carbons (Fsp3) is 0.136. The summed E-state index contributed by atoms with van der Waals surface area (Å²) in [7, 11) is 0. The highest BCUT2D eigenvalue weighted by atomic mass is 16.2. The van der Waals surface area contributed by atoms with E-state index >= 15 is 0 Å². The number of hydrogen-bond acceptors (Lipinski definition) is 3. The van der Waals surface area contributed by atoms with Crippen LogP contribution in [0.2, 0.25) is 0 Å². The van der Waals surface area contributed by atoms with E-state index < -0.39 is 0 Å². The van der Waals surface area contributed by atoms with Gasteiger partial charge in [0.2, 0.25) is 5.91 Å². The molecule has 0 spiro atoms. The number of amides is 2. The Hall–Kier alpha value is -3.47. The van der Waals surface area contributed by atoms with Gasteiger partial charge in [-0.1, -0.05) is 55.5 Å². The lowest BCUT2D eigenvalue weighted by Gasteiger charge is -2.19. The van der Waals surface area contributed by atoms with Crippen LogP contribution in [-0.4, -0.2) is 17.5 Å². The molecule has 27 heavy (non-hydrogen) atoms. The average molecular weight is 357 g/mol. The number of anilines is 1. The van der Waals surface area contributed by atoms with E-state index in [0.717, 1.165) is 22.0 Å². The van der Waals surface area contributed by atoms with Crippen molar-refractivity contribution in [1.29, 1.82) is 0 Å². The number of hydrogen-bond donors (Lipinski definition) is 2. The van der Waals surface area contributed by atoms with E-state index in [9.17, 15) is 9.59 Å². The van der Waals surface area contributed by atoms with Crippen molar-refractivity contribution in [2.75, 3.05) is 5.32 Å². The lowest BCUT2D eigenvalue weighted by atomic mass is 9.94. The highest BCUT2D eigenvalue weighted by Crippen LogP contribution is 2.21. The van der Waals surface area contributed by atoms with Crippen LogP contribution in [-0.2, 0) is 4.79 Å². The predicted octanol–water partition coefficient (Wildman–Crippen LogP) is 3.95. The molecule has 1 atom stereocenters. The number of benzene rings is 3. The van der Waals surface area contributed by atoms with E-state index in [1.165, 1.54) is 0 Å². The molecular formula is C22H19N3O2. The Labute approximate surface area is 157 Å². The molecule has 1 unspecified atom stereocenters. The molecule has 0 bridgehead atoms. The van der Waals surface area contributed by atoms with Crippen molar-refractivity contribution in [3.63, 3.8) is 0 Å². The van der Waals surface area contributed by atoms with Gasteiger partial charge < -0.3 is 5.32 Å². The molecule has 0 radical (unpaired) electrons. The number of nitrogens with one attached hydrogen (secondary N) is 2. The monoisotopic (exact) mass is 357 g/mol. The van der Waals surface area contributed by atoms with Crippen LogP contribution in [0.5, 0.6) is 0 Å². The molecule has 0 aromatic heterocycles. The Morgan fingerprint density at radius 1 is 1.04 bits per heavy atom. The highest BCUT2D eigenvalue weighted by Gasteiger charge is 2.21. The fourth-order valence-corrected chi connectivity index (χ4v) is 3.35. The van der Waals surface area contributed by atoms with Crippen molar-refractivity contribution >= 4 is 34.0 Å². The van der Waals surface area contributed by atoms with Gasteiger partial charge in [0.15, 0.2) is 0 Å². The van der Waals surface area contributed by atoms with Gasteiger partial charge in [-0.3, -0.25) is 9.59 Å². The van der Waals surface area contributed by atoms with Gasteiger partial charge in [-0.25, -0.2) is 5.43 Å². The molecule has 5 nitrogen and oxygen atoms in total. The van der Waals surface area contributed by atoms with Gasteiger partial charge in [0.05, 0.1) is 5.71 Å². The summed E-state index contributed by atoms with van der Waals surface area (Å²) in [6.45, 7) is 1.98. The summed E-state index contributed by atoms with van der Waals surface area (Å²) >= 11 is 0. The van der Waals surface area contributed by atoms with Crippen molar-refractivity contribution < 1.29 is 9.59 Å². The second-order valence-corrected chi connectivity index (χ2v) is 6.70. The Kier molecular flexibility index (Phi) is 4.42. The fourth-order valence-electron chi connectivity index (χ4n) is 3.35. The molecule has 0 fully saturated rings. The summed E-state index contributed by atoms with van der Waals surface area (Å²) < 4.78 is 0. The number of rotatable bonds is 3. The molecule has 0 saturated heterocycles. The quantitative estimate of drug-likeness (QED) is 0.745. The standard InChI is InChI=1S/C22H19N3O2/c1-14-13-20(26)24-25-21(14)16-9-11-17(12-10-16)23-22(27)19-8-4-6-15-5-2-3-7-18(15)19/h2-12,14H,13H2,1H3,(H,23,27)(H,24,26). The lowest BCUT2D eigenvalue weighted by Crippen LogP contribution is -2.31. The first-order valence-corrected chi connectivity index (χ1v) is 8.88. The summed E-state index contributed by atoms with van der Waals surface area (Å²) in [5, 5.41) is 9.07. The van der Waals surface area contributed by atoms with Crippen molar-refractivity contribution in [3.05, 3.63) is 77.9 Å². The highest BCUT2D eigenvalue weighted by molar-refractivity contribution is 6.13. The van der Waals surface area contributed by atoms with E-state index in [4.69, 9.17) is 0 Å². The van der Waals surface area contributed by atoms with Gasteiger partial charge >= 0.3 is 0 Å². The largest absolute Gasteiger partial charge is 0.322 e. The van der Waals surface area contributed by atoms with E-state index in [0.29, 0.717) is 17.7 Å². The molecule has 3 aromatic rings. The lowest BCUT2D eigenvalue weighted by molar-refractivity contribution is -0.121. The number of carbonyl (C=O) groups excluding carboxylic acids is 2.